The van der Waals surface area contributed by atoms with E-state index in [1.165, 1.54) is 24.3 Å². The van der Waals surface area contributed by atoms with Gasteiger partial charge in [0, 0.05) is 17.7 Å². The molecule has 28 heavy (non-hydrogen) atoms. The van der Waals surface area contributed by atoms with Gasteiger partial charge < -0.3 is 14.5 Å². The topological polar surface area (TPSA) is 94.6 Å². The lowest BCUT2D eigenvalue weighted by Crippen LogP contribution is -2.27. The molecule has 0 atom stereocenters. The first-order valence-electron chi connectivity index (χ1n) is 8.46. The minimum Gasteiger partial charge on any atom is -0.492 e. The Kier molecular flexibility index (Phi) is 5.96. The van der Waals surface area contributed by atoms with E-state index in [0.29, 0.717) is 24.5 Å². The minimum atomic E-state index is -0.532. The number of rotatable bonds is 7. The van der Waals surface area contributed by atoms with Crippen molar-refractivity contribution in [3.8, 4) is 17.1 Å². The number of ether oxygens (including phenoxy) is 1. The molecule has 7 nitrogen and oxygen atoms in total. The first-order valence-corrected chi connectivity index (χ1v) is 8.83. The molecule has 0 unspecified atom stereocenters. The smallest absolute Gasteiger partial charge is 0.287 e. The van der Waals surface area contributed by atoms with E-state index in [2.05, 4.69) is 5.32 Å². The number of hydrogen-bond donors (Lipinski definition) is 1. The summed E-state index contributed by atoms with van der Waals surface area (Å²) < 4.78 is 11.1. The first kappa shape index (κ1) is 19.4. The summed E-state index contributed by atoms with van der Waals surface area (Å²) in [5.41, 5.74) is 1.49. The van der Waals surface area contributed by atoms with E-state index in [1.54, 1.807) is 6.07 Å². The Morgan fingerprint density at radius 1 is 1.18 bits per heavy atom. The predicted octanol–water partition coefficient (Wildman–Crippen LogP) is 4.63. The van der Waals surface area contributed by atoms with E-state index in [4.69, 9.17) is 20.8 Å². The van der Waals surface area contributed by atoms with Crippen molar-refractivity contribution in [3.63, 3.8) is 0 Å². The third-order valence-corrected chi connectivity index (χ3v) is 4.25. The van der Waals surface area contributed by atoms with E-state index < -0.39 is 10.8 Å². The molecular weight excluding hydrogens is 384 g/mol. The normalized spacial score (nSPS) is 10.5. The van der Waals surface area contributed by atoms with Crippen LogP contribution in [0.5, 0.6) is 5.75 Å². The number of hydrogen-bond acceptors (Lipinski definition) is 5. The zero-order valence-electron chi connectivity index (χ0n) is 15.0. The van der Waals surface area contributed by atoms with Gasteiger partial charge in [-0.1, -0.05) is 29.3 Å². The van der Waals surface area contributed by atoms with E-state index in [1.807, 2.05) is 31.2 Å². The summed E-state index contributed by atoms with van der Waals surface area (Å²) in [6.07, 6.45) is 0. The van der Waals surface area contributed by atoms with Gasteiger partial charge in [0.15, 0.2) is 5.76 Å². The van der Waals surface area contributed by atoms with Crippen LogP contribution < -0.4 is 10.1 Å². The lowest BCUT2D eigenvalue weighted by Gasteiger charge is -2.07. The highest BCUT2D eigenvalue weighted by Crippen LogP contribution is 2.32. The van der Waals surface area contributed by atoms with E-state index in [9.17, 15) is 14.9 Å². The largest absolute Gasteiger partial charge is 0.492 e. The summed E-state index contributed by atoms with van der Waals surface area (Å²) in [5.74, 6) is 0.797. The lowest BCUT2D eigenvalue weighted by molar-refractivity contribution is -0.384. The fourth-order valence-corrected chi connectivity index (χ4v) is 2.75. The van der Waals surface area contributed by atoms with Gasteiger partial charge in [0.1, 0.15) is 18.1 Å². The molecule has 3 aromatic rings. The molecule has 0 fully saturated rings. The van der Waals surface area contributed by atoms with Crippen LogP contribution in [0, 0.1) is 17.0 Å². The van der Waals surface area contributed by atoms with Gasteiger partial charge in [-0.3, -0.25) is 14.9 Å². The monoisotopic (exact) mass is 400 g/mol. The van der Waals surface area contributed by atoms with Gasteiger partial charge in [-0.25, -0.2) is 0 Å². The summed E-state index contributed by atoms with van der Waals surface area (Å²) in [4.78, 5) is 22.4. The molecule has 0 spiro atoms. The molecule has 1 aromatic heterocycles. The molecule has 3 rings (SSSR count). The van der Waals surface area contributed by atoms with Gasteiger partial charge in [-0.15, -0.1) is 0 Å². The Morgan fingerprint density at radius 3 is 2.61 bits per heavy atom. The van der Waals surface area contributed by atoms with Crippen LogP contribution in [0.2, 0.25) is 5.02 Å². The standard InChI is InChI=1S/C20H17ClN2O5/c1-13-2-5-15(6-3-13)27-11-10-22-20(24)19-9-8-18(28-19)16-7-4-14(23(25)26)12-17(16)21/h2-9,12H,10-11H2,1H3,(H,22,24). The van der Waals surface area contributed by atoms with E-state index in [-0.39, 0.29) is 16.5 Å². The first-order chi connectivity index (χ1) is 13.4. The average Bonchev–Trinajstić information content (AvgIpc) is 3.16. The zero-order chi connectivity index (χ0) is 20.1. The highest BCUT2D eigenvalue weighted by molar-refractivity contribution is 6.33. The molecule has 0 aliphatic heterocycles. The second-order valence-electron chi connectivity index (χ2n) is 6.00. The van der Waals surface area contributed by atoms with Crippen LogP contribution in [0.3, 0.4) is 0 Å². The quantitative estimate of drug-likeness (QED) is 0.354. The number of amides is 1. The highest BCUT2D eigenvalue weighted by Gasteiger charge is 2.16. The van der Waals surface area contributed by atoms with Gasteiger partial charge in [-0.05, 0) is 37.3 Å². The molecule has 1 amide bonds. The van der Waals surface area contributed by atoms with Crippen LogP contribution in [0.25, 0.3) is 11.3 Å². The maximum absolute atomic E-state index is 12.2. The van der Waals surface area contributed by atoms with Gasteiger partial charge >= 0.3 is 0 Å². The lowest BCUT2D eigenvalue weighted by atomic mass is 10.1. The average molecular weight is 401 g/mol. The second kappa shape index (κ2) is 8.58. The molecule has 8 heteroatoms. The summed E-state index contributed by atoms with van der Waals surface area (Å²) in [6, 6.07) is 14.8. The second-order valence-corrected chi connectivity index (χ2v) is 6.41. The number of furan rings is 1. The van der Waals surface area contributed by atoms with Crippen LogP contribution in [0.15, 0.2) is 59.0 Å². The molecule has 0 aliphatic rings. The van der Waals surface area contributed by atoms with Crippen molar-refractivity contribution < 1.29 is 18.9 Å². The van der Waals surface area contributed by atoms with Gasteiger partial charge in [0.25, 0.3) is 11.6 Å². The Labute approximate surface area is 166 Å². The van der Waals surface area contributed by atoms with Crippen molar-refractivity contribution in [2.75, 3.05) is 13.2 Å². The minimum absolute atomic E-state index is 0.111. The Balaban J connectivity index is 1.56. The van der Waals surface area contributed by atoms with Crippen molar-refractivity contribution in [1.82, 2.24) is 5.32 Å². The van der Waals surface area contributed by atoms with E-state index in [0.717, 1.165) is 11.3 Å². The summed E-state index contributed by atoms with van der Waals surface area (Å²) in [7, 11) is 0. The van der Waals surface area contributed by atoms with Crippen molar-refractivity contribution in [1.29, 1.82) is 0 Å². The third-order valence-electron chi connectivity index (χ3n) is 3.94. The number of carbonyl (C=O) groups is 1. The number of nitrogens with one attached hydrogen (secondary N) is 1. The number of benzene rings is 2. The molecule has 2 aromatic carbocycles. The number of nitrogens with zero attached hydrogens (tertiary/aromatic N) is 1. The van der Waals surface area contributed by atoms with Gasteiger partial charge in [-0.2, -0.15) is 0 Å². The summed E-state index contributed by atoms with van der Waals surface area (Å²) in [5, 5.41) is 13.7. The SMILES string of the molecule is Cc1ccc(OCCNC(=O)c2ccc(-c3ccc([N+](=O)[O-])cc3Cl)o2)cc1. The molecule has 0 saturated heterocycles. The number of aryl methyl sites for hydroxylation is 1. The molecule has 0 bridgehead atoms. The number of halogens is 1. The molecule has 0 aliphatic carbocycles. The van der Waals surface area contributed by atoms with Crippen LogP contribution >= 0.6 is 11.6 Å². The summed E-state index contributed by atoms with van der Waals surface area (Å²) in [6.45, 7) is 2.61. The highest BCUT2D eigenvalue weighted by atomic mass is 35.5. The van der Waals surface area contributed by atoms with Crippen LogP contribution in [-0.4, -0.2) is 24.0 Å². The van der Waals surface area contributed by atoms with Crippen molar-refractivity contribution in [2.24, 2.45) is 0 Å². The van der Waals surface area contributed by atoms with Crippen LogP contribution in [0.4, 0.5) is 5.69 Å². The zero-order valence-corrected chi connectivity index (χ0v) is 15.7. The number of non-ortho nitro benzene ring substituents is 1. The molecule has 0 radical (unpaired) electrons. The maximum Gasteiger partial charge on any atom is 0.287 e. The summed E-state index contributed by atoms with van der Waals surface area (Å²) >= 11 is 6.09. The number of nitro groups is 1. The molecule has 1 heterocycles. The third kappa shape index (κ3) is 4.69. The molecule has 1 N–H and O–H groups in total. The number of nitro benzene ring substituents is 1. The molecular formula is C20H17ClN2O5. The molecule has 144 valence electrons. The van der Waals surface area contributed by atoms with Gasteiger partial charge in [0.2, 0.25) is 0 Å². The van der Waals surface area contributed by atoms with Crippen molar-refractivity contribution in [2.45, 2.75) is 6.92 Å². The van der Waals surface area contributed by atoms with Crippen LogP contribution in [0.1, 0.15) is 16.1 Å². The number of carbonyl (C=O) groups excluding carboxylic acids is 1. The fourth-order valence-electron chi connectivity index (χ4n) is 2.48. The Hall–Kier alpha value is -3.32. The van der Waals surface area contributed by atoms with Gasteiger partial charge in [0.05, 0.1) is 16.5 Å². The van der Waals surface area contributed by atoms with Crippen molar-refractivity contribution in [3.05, 3.63) is 81.1 Å². The van der Waals surface area contributed by atoms with Crippen molar-refractivity contribution >= 4 is 23.2 Å². The Bertz CT molecular complexity index is 998. The molecule has 0 saturated carbocycles. The predicted molar refractivity (Wildman–Crippen MR) is 105 cm³/mol. The van der Waals surface area contributed by atoms with E-state index >= 15 is 0 Å². The fraction of sp³-hybridized carbons (Fsp3) is 0.150. The van der Waals surface area contributed by atoms with Crippen LogP contribution in [-0.2, 0) is 0 Å². The Morgan fingerprint density at radius 2 is 1.93 bits per heavy atom. The maximum atomic E-state index is 12.2.